The second-order valence-electron chi connectivity index (χ2n) is 6.67. The van der Waals surface area contributed by atoms with Gasteiger partial charge in [0.05, 0.1) is 23.7 Å². The van der Waals surface area contributed by atoms with Gasteiger partial charge in [-0.3, -0.25) is 9.48 Å². The Balaban J connectivity index is 1.62. The predicted octanol–water partition coefficient (Wildman–Crippen LogP) is 1.37. The Kier molecular flexibility index (Phi) is 4.07. The Morgan fingerprint density at radius 1 is 1.27 bits per heavy atom. The minimum absolute atomic E-state index is 0.00191. The first-order valence-electron chi connectivity index (χ1n) is 8.45. The number of rotatable bonds is 3. The topological polar surface area (TPSA) is 77.2 Å². The monoisotopic (exact) mass is 372 g/mol. The molecule has 136 valence electrons. The normalized spacial score (nSPS) is 19.7. The van der Waals surface area contributed by atoms with E-state index in [-0.39, 0.29) is 30.5 Å². The molecule has 3 aromatic rings. The number of aromatic nitrogens is 3. The minimum Gasteiger partial charge on any atom is -0.338 e. The van der Waals surface area contributed by atoms with Crippen molar-refractivity contribution in [2.75, 3.05) is 18.1 Å². The fourth-order valence-corrected chi connectivity index (χ4v) is 5.00. The smallest absolute Gasteiger partial charge is 0.243 e. The van der Waals surface area contributed by atoms with E-state index in [0.29, 0.717) is 0 Å². The molecule has 1 fully saturated rings. The number of carbonyl (C=O) groups is 1. The van der Waals surface area contributed by atoms with E-state index in [9.17, 15) is 13.2 Å². The lowest BCUT2D eigenvalue weighted by atomic mass is 10.1. The average molecular weight is 372 g/mol. The van der Waals surface area contributed by atoms with Crippen LogP contribution < -0.4 is 0 Å². The van der Waals surface area contributed by atoms with Crippen molar-refractivity contribution in [2.45, 2.75) is 12.6 Å². The molecule has 1 atom stereocenters. The molecule has 7 nitrogen and oxygen atoms in total. The quantitative estimate of drug-likeness (QED) is 0.696. The number of fused-ring (bicyclic) bond motifs is 1. The molecule has 1 amide bonds. The van der Waals surface area contributed by atoms with Crippen LogP contribution in [0, 0.1) is 0 Å². The highest BCUT2D eigenvalue weighted by molar-refractivity contribution is 7.91. The van der Waals surface area contributed by atoms with Gasteiger partial charge in [0.25, 0.3) is 0 Å². The van der Waals surface area contributed by atoms with Crippen molar-refractivity contribution >= 4 is 26.6 Å². The van der Waals surface area contributed by atoms with Crippen molar-refractivity contribution in [3.05, 3.63) is 54.5 Å². The third kappa shape index (κ3) is 3.12. The molecule has 0 unspecified atom stereocenters. The number of benzene rings is 1. The van der Waals surface area contributed by atoms with Gasteiger partial charge >= 0.3 is 0 Å². The number of para-hydroxylation sites is 1. The zero-order valence-corrected chi connectivity index (χ0v) is 15.3. The van der Waals surface area contributed by atoms with Crippen LogP contribution in [0.3, 0.4) is 0 Å². The molecular formula is C18H20N4O3S. The maximum atomic E-state index is 13.0. The molecule has 4 rings (SSSR count). The fourth-order valence-electron chi connectivity index (χ4n) is 3.51. The maximum absolute atomic E-state index is 13.0. The van der Waals surface area contributed by atoms with Gasteiger partial charge in [0.2, 0.25) is 5.91 Å². The zero-order valence-electron chi connectivity index (χ0n) is 14.4. The lowest BCUT2D eigenvalue weighted by molar-refractivity contribution is -0.133. The number of hydrogen-bond acceptors (Lipinski definition) is 4. The second-order valence-corrected chi connectivity index (χ2v) is 8.90. The molecular weight excluding hydrogens is 352 g/mol. The van der Waals surface area contributed by atoms with Crippen LogP contribution in [0.25, 0.3) is 10.9 Å². The largest absolute Gasteiger partial charge is 0.338 e. The Morgan fingerprint density at radius 3 is 2.85 bits per heavy atom. The lowest BCUT2D eigenvalue weighted by Gasteiger charge is -2.35. The molecule has 1 aliphatic heterocycles. The number of amides is 1. The SMILES string of the molecule is Cn1cc([C@@H]2CS(=O)(=O)CCN2C(=O)Cn2ccc3ccccc32)cn1. The molecule has 1 aliphatic rings. The number of aryl methyl sites for hydroxylation is 1. The summed E-state index contributed by atoms with van der Waals surface area (Å²) < 4.78 is 27.8. The van der Waals surface area contributed by atoms with E-state index in [1.807, 2.05) is 41.1 Å². The van der Waals surface area contributed by atoms with Crippen LogP contribution in [0.2, 0.25) is 0 Å². The van der Waals surface area contributed by atoms with Gasteiger partial charge in [0.1, 0.15) is 6.54 Å². The van der Waals surface area contributed by atoms with Crippen LogP contribution >= 0.6 is 0 Å². The molecule has 8 heteroatoms. The molecule has 1 saturated heterocycles. The van der Waals surface area contributed by atoms with Crippen LogP contribution in [0.5, 0.6) is 0 Å². The Morgan fingerprint density at radius 2 is 2.08 bits per heavy atom. The summed E-state index contributed by atoms with van der Waals surface area (Å²) in [5, 5.41) is 5.20. The number of hydrogen-bond donors (Lipinski definition) is 0. The first-order valence-corrected chi connectivity index (χ1v) is 10.3. The summed E-state index contributed by atoms with van der Waals surface area (Å²) in [5.41, 5.74) is 1.74. The van der Waals surface area contributed by atoms with E-state index >= 15 is 0 Å². The minimum atomic E-state index is -3.17. The number of sulfone groups is 1. The zero-order chi connectivity index (χ0) is 18.3. The summed E-state index contributed by atoms with van der Waals surface area (Å²) in [6.45, 7) is 0.393. The van der Waals surface area contributed by atoms with Gasteiger partial charge in [0.15, 0.2) is 9.84 Å². The third-order valence-corrected chi connectivity index (χ3v) is 6.48. The molecule has 1 aromatic carbocycles. The molecule has 2 aromatic heterocycles. The molecule has 0 N–H and O–H groups in total. The van der Waals surface area contributed by atoms with Crippen molar-refractivity contribution in [1.29, 1.82) is 0 Å². The first-order chi connectivity index (χ1) is 12.4. The van der Waals surface area contributed by atoms with Crippen LogP contribution in [-0.4, -0.2) is 51.6 Å². The van der Waals surface area contributed by atoms with Crippen LogP contribution in [0.4, 0.5) is 0 Å². The molecule has 0 saturated carbocycles. The first kappa shape index (κ1) is 16.8. The highest BCUT2D eigenvalue weighted by Crippen LogP contribution is 2.27. The average Bonchev–Trinajstić information content (AvgIpc) is 3.21. The summed E-state index contributed by atoms with van der Waals surface area (Å²) in [7, 11) is -1.39. The van der Waals surface area contributed by atoms with Crippen LogP contribution in [0.1, 0.15) is 11.6 Å². The van der Waals surface area contributed by atoms with E-state index in [4.69, 9.17) is 0 Å². The van der Waals surface area contributed by atoms with E-state index in [1.54, 1.807) is 29.0 Å². The van der Waals surface area contributed by atoms with Crippen molar-refractivity contribution < 1.29 is 13.2 Å². The highest BCUT2D eigenvalue weighted by Gasteiger charge is 2.35. The summed E-state index contributed by atoms with van der Waals surface area (Å²) in [4.78, 5) is 14.7. The number of carbonyl (C=O) groups excluding carboxylic acids is 1. The lowest BCUT2D eigenvalue weighted by Crippen LogP contribution is -2.47. The van der Waals surface area contributed by atoms with Crippen molar-refractivity contribution in [1.82, 2.24) is 19.2 Å². The molecule has 0 spiro atoms. The Labute approximate surface area is 151 Å². The molecule has 0 aliphatic carbocycles. The third-order valence-electron chi connectivity index (χ3n) is 4.85. The van der Waals surface area contributed by atoms with Gasteiger partial charge < -0.3 is 9.47 Å². The van der Waals surface area contributed by atoms with E-state index < -0.39 is 15.9 Å². The fraction of sp³-hybridized carbons (Fsp3) is 0.333. The Hall–Kier alpha value is -2.61. The van der Waals surface area contributed by atoms with Gasteiger partial charge in [-0.2, -0.15) is 5.10 Å². The van der Waals surface area contributed by atoms with Crippen molar-refractivity contribution in [2.24, 2.45) is 7.05 Å². The predicted molar refractivity (Wildman–Crippen MR) is 98.3 cm³/mol. The van der Waals surface area contributed by atoms with Gasteiger partial charge in [-0.1, -0.05) is 18.2 Å². The summed E-state index contributed by atoms with van der Waals surface area (Å²) in [6.07, 6.45) is 5.30. The van der Waals surface area contributed by atoms with Gasteiger partial charge in [-0.05, 0) is 17.5 Å². The van der Waals surface area contributed by atoms with E-state index in [2.05, 4.69) is 5.10 Å². The molecule has 26 heavy (non-hydrogen) atoms. The summed E-state index contributed by atoms with van der Waals surface area (Å²) >= 11 is 0. The standard InChI is InChI=1S/C18H20N4O3S/c1-20-11-15(10-19-20)17-13-26(24,25)9-8-22(17)18(23)12-21-7-6-14-4-2-3-5-16(14)21/h2-7,10-11,17H,8-9,12-13H2,1H3/t17-/m0/s1. The highest BCUT2D eigenvalue weighted by atomic mass is 32.2. The van der Waals surface area contributed by atoms with Crippen molar-refractivity contribution in [3.63, 3.8) is 0 Å². The van der Waals surface area contributed by atoms with Gasteiger partial charge in [0, 0.05) is 37.1 Å². The second kappa shape index (κ2) is 6.28. The van der Waals surface area contributed by atoms with Gasteiger partial charge in [-0.15, -0.1) is 0 Å². The molecule has 0 bridgehead atoms. The molecule has 0 radical (unpaired) electrons. The van der Waals surface area contributed by atoms with E-state index in [0.717, 1.165) is 16.5 Å². The summed E-state index contributed by atoms with van der Waals surface area (Å²) in [6, 6.07) is 9.36. The van der Waals surface area contributed by atoms with Crippen LogP contribution in [-0.2, 0) is 28.2 Å². The maximum Gasteiger partial charge on any atom is 0.243 e. The van der Waals surface area contributed by atoms with Gasteiger partial charge in [-0.25, -0.2) is 8.42 Å². The summed E-state index contributed by atoms with van der Waals surface area (Å²) in [5.74, 6) is -0.145. The van der Waals surface area contributed by atoms with E-state index in [1.165, 1.54) is 0 Å². The Bertz CT molecular complexity index is 1070. The van der Waals surface area contributed by atoms with Crippen LogP contribution in [0.15, 0.2) is 48.9 Å². The number of nitrogens with zero attached hydrogens (tertiary/aromatic N) is 4. The molecule has 3 heterocycles. The van der Waals surface area contributed by atoms with Crippen molar-refractivity contribution in [3.8, 4) is 0 Å².